The van der Waals surface area contributed by atoms with Crippen LogP contribution in [0.4, 0.5) is 31.9 Å². The number of carbonyl (C=O) groups is 1. The number of amides is 1. The Kier molecular flexibility index (Phi) is 5.60. The molecule has 3 aromatic rings. The molecule has 2 aliphatic heterocycles. The maximum absolute atomic E-state index is 15.2. The van der Waals surface area contributed by atoms with E-state index in [1.807, 2.05) is 26.0 Å². The third kappa shape index (κ3) is 3.94. The number of pyridine rings is 1. The lowest BCUT2D eigenvalue weighted by atomic mass is 10.0. The van der Waals surface area contributed by atoms with Gasteiger partial charge < -0.3 is 20.4 Å². The van der Waals surface area contributed by atoms with Crippen LogP contribution in [0.2, 0.25) is 0 Å². The van der Waals surface area contributed by atoms with Gasteiger partial charge in [0, 0.05) is 43.9 Å². The van der Waals surface area contributed by atoms with E-state index in [1.165, 1.54) is 11.0 Å². The van der Waals surface area contributed by atoms with Crippen molar-refractivity contribution in [3.8, 4) is 11.3 Å². The number of aromatic nitrogens is 3. The van der Waals surface area contributed by atoms with Gasteiger partial charge in [0.2, 0.25) is 11.9 Å². The molecule has 0 saturated heterocycles. The number of nitrogens with one attached hydrogen (secondary N) is 2. The number of likely N-dealkylation sites (N-methyl/N-ethyl adjacent to an activating group) is 1. The SMILES string of the molecule is CC(C)N1C(=O)CN(C)c2c(F)cc(-c3nc(Nc4ccc5c(n4)CCNC5)ncc3F)cc21. The molecule has 2 aromatic heterocycles. The van der Waals surface area contributed by atoms with Crippen molar-refractivity contribution in [1.29, 1.82) is 0 Å². The zero-order valence-corrected chi connectivity index (χ0v) is 19.2. The van der Waals surface area contributed by atoms with Gasteiger partial charge in [0.05, 0.1) is 24.1 Å². The Hall–Kier alpha value is -3.66. The van der Waals surface area contributed by atoms with E-state index in [-0.39, 0.29) is 35.7 Å². The number of nitrogens with zero attached hydrogens (tertiary/aromatic N) is 5. The highest BCUT2D eigenvalue weighted by Crippen LogP contribution is 2.40. The van der Waals surface area contributed by atoms with E-state index in [2.05, 4.69) is 25.6 Å². The number of rotatable bonds is 4. The molecule has 0 spiro atoms. The van der Waals surface area contributed by atoms with Gasteiger partial charge in [-0.1, -0.05) is 6.07 Å². The van der Waals surface area contributed by atoms with Crippen LogP contribution >= 0.6 is 0 Å². The van der Waals surface area contributed by atoms with Crippen molar-refractivity contribution in [3.63, 3.8) is 0 Å². The molecular weight excluding hydrogens is 440 g/mol. The van der Waals surface area contributed by atoms with E-state index in [0.717, 1.165) is 37.0 Å². The van der Waals surface area contributed by atoms with Gasteiger partial charge in [0.1, 0.15) is 17.3 Å². The number of benzene rings is 1. The molecule has 1 amide bonds. The van der Waals surface area contributed by atoms with Crippen molar-refractivity contribution < 1.29 is 13.6 Å². The molecule has 2 aliphatic rings. The summed E-state index contributed by atoms with van der Waals surface area (Å²) in [4.78, 5) is 28.7. The molecule has 0 fully saturated rings. The van der Waals surface area contributed by atoms with Crippen LogP contribution in [0.15, 0.2) is 30.5 Å². The third-order valence-electron chi connectivity index (χ3n) is 6.02. The summed E-state index contributed by atoms with van der Waals surface area (Å²) in [6, 6.07) is 6.45. The minimum Gasteiger partial charge on any atom is -0.361 e. The Balaban J connectivity index is 1.53. The first-order valence-electron chi connectivity index (χ1n) is 11.2. The van der Waals surface area contributed by atoms with Crippen LogP contribution in [-0.4, -0.2) is 47.0 Å². The fraction of sp³-hybridized carbons (Fsp3) is 0.333. The van der Waals surface area contributed by atoms with Crippen LogP contribution in [0.1, 0.15) is 25.1 Å². The molecule has 0 atom stereocenters. The lowest BCUT2D eigenvalue weighted by molar-refractivity contribution is -0.117. The van der Waals surface area contributed by atoms with Gasteiger partial charge in [-0.15, -0.1) is 0 Å². The molecule has 8 nitrogen and oxygen atoms in total. The van der Waals surface area contributed by atoms with E-state index in [9.17, 15) is 9.18 Å². The smallest absolute Gasteiger partial charge is 0.246 e. The summed E-state index contributed by atoms with van der Waals surface area (Å²) < 4.78 is 30.0. The van der Waals surface area contributed by atoms with E-state index < -0.39 is 11.6 Å². The predicted octanol–water partition coefficient (Wildman–Crippen LogP) is 3.40. The fourth-order valence-corrected chi connectivity index (χ4v) is 4.49. The summed E-state index contributed by atoms with van der Waals surface area (Å²) in [5.74, 6) is -0.704. The second-order valence-electron chi connectivity index (χ2n) is 8.78. The summed E-state index contributed by atoms with van der Waals surface area (Å²) in [5, 5.41) is 6.32. The van der Waals surface area contributed by atoms with Crippen LogP contribution in [0.5, 0.6) is 0 Å². The highest BCUT2D eigenvalue weighted by Gasteiger charge is 2.32. The molecule has 34 heavy (non-hydrogen) atoms. The number of hydrogen-bond acceptors (Lipinski definition) is 7. The highest BCUT2D eigenvalue weighted by molar-refractivity contribution is 6.04. The van der Waals surface area contributed by atoms with Crippen molar-refractivity contribution in [2.75, 3.05) is 35.3 Å². The highest BCUT2D eigenvalue weighted by atomic mass is 19.1. The topological polar surface area (TPSA) is 86.3 Å². The molecule has 0 radical (unpaired) electrons. The van der Waals surface area contributed by atoms with Crippen LogP contribution < -0.4 is 20.4 Å². The van der Waals surface area contributed by atoms with E-state index >= 15 is 4.39 Å². The average Bonchev–Trinajstić information content (AvgIpc) is 2.79. The van der Waals surface area contributed by atoms with Crippen molar-refractivity contribution in [2.24, 2.45) is 0 Å². The second kappa shape index (κ2) is 8.60. The van der Waals surface area contributed by atoms with Crippen LogP contribution in [-0.2, 0) is 17.8 Å². The van der Waals surface area contributed by atoms with E-state index in [1.54, 1.807) is 18.0 Å². The minimum atomic E-state index is -0.694. The first-order valence-corrected chi connectivity index (χ1v) is 11.2. The van der Waals surface area contributed by atoms with Crippen molar-refractivity contribution in [2.45, 2.75) is 32.9 Å². The molecule has 0 unspecified atom stereocenters. The van der Waals surface area contributed by atoms with Crippen molar-refractivity contribution >= 4 is 29.0 Å². The number of anilines is 4. The van der Waals surface area contributed by atoms with E-state index in [4.69, 9.17) is 0 Å². The molecule has 0 bridgehead atoms. The van der Waals surface area contributed by atoms with Gasteiger partial charge in [-0.3, -0.25) is 4.79 Å². The first kappa shape index (κ1) is 22.1. The summed E-state index contributed by atoms with van der Waals surface area (Å²) in [6.07, 6.45) is 1.86. The normalized spacial score (nSPS) is 15.4. The molecule has 4 heterocycles. The first-order chi connectivity index (χ1) is 16.3. The molecule has 176 valence electrons. The number of halogens is 2. The van der Waals surface area contributed by atoms with Crippen LogP contribution in [0.3, 0.4) is 0 Å². The van der Waals surface area contributed by atoms with Gasteiger partial charge in [-0.2, -0.15) is 0 Å². The summed E-state index contributed by atoms with van der Waals surface area (Å²) in [7, 11) is 1.66. The third-order valence-corrected chi connectivity index (χ3v) is 6.02. The Morgan fingerprint density at radius 1 is 1.15 bits per heavy atom. The number of hydrogen-bond donors (Lipinski definition) is 2. The molecule has 10 heteroatoms. The zero-order valence-electron chi connectivity index (χ0n) is 19.2. The Morgan fingerprint density at radius 2 is 1.97 bits per heavy atom. The zero-order chi connectivity index (χ0) is 24.0. The monoisotopic (exact) mass is 465 g/mol. The summed E-state index contributed by atoms with van der Waals surface area (Å²) >= 11 is 0. The number of carbonyl (C=O) groups excluding carboxylic acids is 1. The van der Waals surface area contributed by atoms with Crippen molar-refractivity contribution in [1.82, 2.24) is 20.3 Å². The van der Waals surface area contributed by atoms with Crippen molar-refractivity contribution in [3.05, 3.63) is 53.4 Å². The van der Waals surface area contributed by atoms with Gasteiger partial charge in [-0.05, 0) is 37.6 Å². The summed E-state index contributed by atoms with van der Waals surface area (Å²) in [6.45, 7) is 5.41. The molecule has 0 aliphatic carbocycles. The van der Waals surface area contributed by atoms with Gasteiger partial charge in [0.25, 0.3) is 0 Å². The van der Waals surface area contributed by atoms with Crippen LogP contribution in [0, 0.1) is 11.6 Å². The van der Waals surface area contributed by atoms with Gasteiger partial charge >= 0.3 is 0 Å². The van der Waals surface area contributed by atoms with Gasteiger partial charge in [0.15, 0.2) is 5.82 Å². The Bertz CT molecular complexity index is 1280. The lowest BCUT2D eigenvalue weighted by Gasteiger charge is -2.38. The maximum Gasteiger partial charge on any atom is 0.246 e. The quantitative estimate of drug-likeness (QED) is 0.611. The average molecular weight is 466 g/mol. The molecule has 5 rings (SSSR count). The maximum atomic E-state index is 15.2. The summed E-state index contributed by atoms with van der Waals surface area (Å²) in [5.41, 5.74) is 2.98. The minimum absolute atomic E-state index is 0.0641. The lowest BCUT2D eigenvalue weighted by Crippen LogP contribution is -2.47. The van der Waals surface area contributed by atoms with E-state index in [0.29, 0.717) is 17.2 Å². The molecule has 2 N–H and O–H groups in total. The molecule has 0 saturated carbocycles. The predicted molar refractivity (Wildman–Crippen MR) is 126 cm³/mol. The van der Waals surface area contributed by atoms with Crippen LogP contribution in [0.25, 0.3) is 11.3 Å². The standard InChI is InChI=1S/C24H25F2N7O/c1-13(2)33-19-9-15(8-16(25)23(19)32(3)12-21(33)34)22-17(26)11-28-24(31-22)30-20-5-4-14-10-27-7-6-18(14)29-20/h4-5,8-9,11,13,27H,6-7,10,12H2,1-3H3,(H,28,29,30,31). The largest absolute Gasteiger partial charge is 0.361 e. The number of fused-ring (bicyclic) bond motifs is 2. The molecular formula is C24H25F2N7O. The second-order valence-corrected chi connectivity index (χ2v) is 8.78. The fourth-order valence-electron chi connectivity index (χ4n) is 4.49. The van der Waals surface area contributed by atoms with Gasteiger partial charge in [-0.25, -0.2) is 23.7 Å². The Labute approximate surface area is 196 Å². The Morgan fingerprint density at radius 3 is 2.76 bits per heavy atom. The molecule has 1 aromatic carbocycles.